The lowest BCUT2D eigenvalue weighted by atomic mass is 10.1. The maximum Gasteiger partial charge on any atom is 0.273 e. The fraction of sp³-hybridized carbons (Fsp3) is 0.333. The van der Waals surface area contributed by atoms with Crippen LogP contribution in [0.15, 0.2) is 22.6 Å². The zero-order chi connectivity index (χ0) is 19.3. The number of amides is 2. The van der Waals surface area contributed by atoms with Gasteiger partial charge in [-0.2, -0.15) is 0 Å². The zero-order valence-corrected chi connectivity index (χ0v) is 15.4. The minimum atomic E-state index is -0.452. The predicted molar refractivity (Wildman–Crippen MR) is 93.6 cm³/mol. The minimum Gasteiger partial charge on any atom is -0.493 e. The van der Waals surface area contributed by atoms with E-state index in [0.717, 1.165) is 0 Å². The quantitative estimate of drug-likeness (QED) is 0.762. The van der Waals surface area contributed by atoms with Crippen LogP contribution in [0.25, 0.3) is 0 Å². The smallest absolute Gasteiger partial charge is 0.273 e. The van der Waals surface area contributed by atoms with Gasteiger partial charge in [0.25, 0.3) is 5.91 Å². The zero-order valence-electron chi connectivity index (χ0n) is 15.4. The van der Waals surface area contributed by atoms with E-state index in [-0.39, 0.29) is 6.42 Å². The van der Waals surface area contributed by atoms with Gasteiger partial charge in [0.1, 0.15) is 11.5 Å². The first kappa shape index (κ1) is 19.2. The number of hydrazine groups is 1. The van der Waals surface area contributed by atoms with Crippen LogP contribution in [0.5, 0.6) is 17.2 Å². The number of aryl methyl sites for hydroxylation is 2. The monoisotopic (exact) mass is 362 g/mol. The van der Waals surface area contributed by atoms with Crippen molar-refractivity contribution in [3.63, 3.8) is 0 Å². The molecule has 0 fully saturated rings. The van der Waals surface area contributed by atoms with Gasteiger partial charge in [0.15, 0.2) is 11.5 Å². The van der Waals surface area contributed by atoms with Crippen LogP contribution >= 0.6 is 0 Å². The molecule has 1 aromatic heterocycles. The lowest BCUT2D eigenvalue weighted by molar-refractivity contribution is -0.121. The average molecular weight is 362 g/mol. The summed E-state index contributed by atoms with van der Waals surface area (Å²) >= 11 is 0. The van der Waals surface area contributed by atoms with Gasteiger partial charge in [-0.25, -0.2) is 0 Å². The van der Waals surface area contributed by atoms with Crippen LogP contribution in [0.3, 0.4) is 0 Å². The topological polar surface area (TPSA) is 99.0 Å². The summed E-state index contributed by atoms with van der Waals surface area (Å²) in [5, 5.41) is 0. The second kappa shape index (κ2) is 8.28. The highest BCUT2D eigenvalue weighted by molar-refractivity contribution is 5.96. The molecule has 1 heterocycles. The Hall–Kier alpha value is -3.16. The molecule has 0 atom stereocenters. The van der Waals surface area contributed by atoms with Crippen LogP contribution in [0.2, 0.25) is 0 Å². The molecule has 8 nitrogen and oxygen atoms in total. The van der Waals surface area contributed by atoms with Crippen LogP contribution in [0.4, 0.5) is 0 Å². The standard InChI is InChI=1S/C18H22N2O6/c1-10-8-13(11(2)26-10)18(22)20-19-15(21)9-12-6-7-14(23-3)17(25-5)16(12)24-4/h6-8H,9H2,1-5H3,(H,19,21)(H,20,22). The molecule has 0 saturated carbocycles. The maximum absolute atomic E-state index is 12.2. The summed E-state index contributed by atoms with van der Waals surface area (Å²) in [6.45, 7) is 3.42. The lowest BCUT2D eigenvalue weighted by Gasteiger charge is -2.15. The van der Waals surface area contributed by atoms with Gasteiger partial charge in [0, 0.05) is 5.56 Å². The number of hydrogen-bond acceptors (Lipinski definition) is 6. The van der Waals surface area contributed by atoms with E-state index < -0.39 is 11.8 Å². The molecule has 0 aliphatic heterocycles. The van der Waals surface area contributed by atoms with Gasteiger partial charge in [-0.05, 0) is 26.0 Å². The molecule has 26 heavy (non-hydrogen) atoms. The number of nitrogens with one attached hydrogen (secondary N) is 2. The number of benzene rings is 1. The summed E-state index contributed by atoms with van der Waals surface area (Å²) in [5.74, 6) is 1.52. The van der Waals surface area contributed by atoms with Crippen LogP contribution < -0.4 is 25.1 Å². The van der Waals surface area contributed by atoms with Gasteiger partial charge in [0.2, 0.25) is 11.7 Å². The Balaban J connectivity index is 2.06. The fourth-order valence-electron chi connectivity index (χ4n) is 2.57. The van der Waals surface area contributed by atoms with Crippen molar-refractivity contribution in [1.29, 1.82) is 0 Å². The number of rotatable bonds is 6. The molecule has 0 unspecified atom stereocenters. The highest BCUT2D eigenvalue weighted by atomic mass is 16.5. The first-order valence-corrected chi connectivity index (χ1v) is 7.85. The Morgan fingerprint density at radius 2 is 1.69 bits per heavy atom. The molecule has 2 rings (SSSR count). The number of methoxy groups -OCH3 is 3. The van der Waals surface area contributed by atoms with Crippen LogP contribution in [0, 0.1) is 13.8 Å². The van der Waals surface area contributed by atoms with E-state index in [1.807, 2.05) is 0 Å². The van der Waals surface area contributed by atoms with E-state index in [9.17, 15) is 9.59 Å². The van der Waals surface area contributed by atoms with E-state index in [2.05, 4.69) is 10.9 Å². The van der Waals surface area contributed by atoms with E-state index in [0.29, 0.717) is 39.9 Å². The molecule has 2 aromatic rings. The molecule has 1 aromatic carbocycles. The summed E-state index contributed by atoms with van der Waals surface area (Å²) in [4.78, 5) is 24.3. The number of hydrogen-bond donors (Lipinski definition) is 2. The van der Waals surface area contributed by atoms with E-state index >= 15 is 0 Å². The summed E-state index contributed by atoms with van der Waals surface area (Å²) in [5.41, 5.74) is 5.70. The molecule has 0 aliphatic carbocycles. The molecule has 140 valence electrons. The first-order chi connectivity index (χ1) is 12.4. The summed E-state index contributed by atoms with van der Waals surface area (Å²) in [6.07, 6.45) is -0.0206. The average Bonchev–Trinajstić information content (AvgIpc) is 2.97. The Bertz CT molecular complexity index is 812. The highest BCUT2D eigenvalue weighted by Gasteiger charge is 2.19. The number of carbonyl (C=O) groups excluding carboxylic acids is 2. The lowest BCUT2D eigenvalue weighted by Crippen LogP contribution is -2.42. The molecule has 0 saturated heterocycles. The summed E-state index contributed by atoms with van der Waals surface area (Å²) in [7, 11) is 4.48. The number of carbonyl (C=O) groups is 2. The van der Waals surface area contributed by atoms with E-state index in [1.165, 1.54) is 21.3 Å². The van der Waals surface area contributed by atoms with Crippen molar-refractivity contribution in [1.82, 2.24) is 10.9 Å². The maximum atomic E-state index is 12.2. The molecule has 0 spiro atoms. The van der Waals surface area contributed by atoms with Crippen LogP contribution in [0.1, 0.15) is 27.4 Å². The highest BCUT2D eigenvalue weighted by Crippen LogP contribution is 2.39. The predicted octanol–water partition coefficient (Wildman–Crippen LogP) is 1.93. The molecular formula is C18H22N2O6. The van der Waals surface area contributed by atoms with E-state index in [1.54, 1.807) is 32.0 Å². The van der Waals surface area contributed by atoms with Gasteiger partial charge < -0.3 is 18.6 Å². The van der Waals surface area contributed by atoms with E-state index in [4.69, 9.17) is 18.6 Å². The second-order valence-electron chi connectivity index (χ2n) is 5.50. The third kappa shape index (κ3) is 4.08. The molecule has 2 amide bonds. The molecule has 0 bridgehead atoms. The summed E-state index contributed by atoms with van der Waals surface area (Å²) in [6, 6.07) is 4.99. The molecule has 0 aliphatic rings. The Morgan fingerprint density at radius 1 is 1.00 bits per heavy atom. The van der Waals surface area contributed by atoms with Crippen molar-refractivity contribution in [2.75, 3.05) is 21.3 Å². The second-order valence-corrected chi connectivity index (χ2v) is 5.50. The van der Waals surface area contributed by atoms with Gasteiger partial charge in [-0.1, -0.05) is 6.07 Å². The van der Waals surface area contributed by atoms with Crippen molar-refractivity contribution in [3.05, 3.63) is 40.8 Å². The molecule has 8 heteroatoms. The third-order valence-electron chi connectivity index (χ3n) is 3.74. The van der Waals surface area contributed by atoms with Crippen molar-refractivity contribution < 1.29 is 28.2 Å². The molecular weight excluding hydrogens is 340 g/mol. The van der Waals surface area contributed by atoms with Gasteiger partial charge in [0.05, 0.1) is 33.3 Å². The third-order valence-corrected chi connectivity index (χ3v) is 3.74. The minimum absolute atomic E-state index is 0.0206. The number of ether oxygens (including phenoxy) is 3. The van der Waals surface area contributed by atoms with Crippen molar-refractivity contribution >= 4 is 11.8 Å². The van der Waals surface area contributed by atoms with Crippen LogP contribution in [-0.2, 0) is 11.2 Å². The Labute approximate surface area is 151 Å². The van der Waals surface area contributed by atoms with Crippen molar-refractivity contribution in [3.8, 4) is 17.2 Å². The first-order valence-electron chi connectivity index (χ1n) is 7.85. The van der Waals surface area contributed by atoms with Gasteiger partial charge in [-0.15, -0.1) is 0 Å². The largest absolute Gasteiger partial charge is 0.493 e. The summed E-state index contributed by atoms with van der Waals surface area (Å²) < 4.78 is 21.1. The van der Waals surface area contributed by atoms with Gasteiger partial charge >= 0.3 is 0 Å². The Kier molecular flexibility index (Phi) is 6.11. The van der Waals surface area contributed by atoms with Gasteiger partial charge in [-0.3, -0.25) is 20.4 Å². The molecule has 0 radical (unpaired) electrons. The molecule has 2 N–H and O–H groups in total. The normalized spacial score (nSPS) is 10.2. The fourth-order valence-corrected chi connectivity index (χ4v) is 2.57. The number of furan rings is 1. The van der Waals surface area contributed by atoms with Crippen molar-refractivity contribution in [2.24, 2.45) is 0 Å². The SMILES string of the molecule is COc1ccc(CC(=O)NNC(=O)c2cc(C)oc2C)c(OC)c1OC. The van der Waals surface area contributed by atoms with Crippen LogP contribution in [-0.4, -0.2) is 33.1 Å². The van der Waals surface area contributed by atoms with Crippen molar-refractivity contribution in [2.45, 2.75) is 20.3 Å². The Morgan fingerprint density at radius 3 is 2.23 bits per heavy atom.